The topological polar surface area (TPSA) is 77.4 Å². The lowest BCUT2D eigenvalue weighted by Crippen LogP contribution is -1.79. The lowest BCUT2D eigenvalue weighted by molar-refractivity contribution is 1.22. The number of azide groups is 1. The van der Waals surface area contributed by atoms with E-state index < -0.39 is 0 Å². The summed E-state index contributed by atoms with van der Waals surface area (Å²) in [6.07, 6.45) is 7.34. The summed E-state index contributed by atoms with van der Waals surface area (Å²) in [7, 11) is 0. The van der Waals surface area contributed by atoms with E-state index in [0.29, 0.717) is 6.54 Å². The van der Waals surface area contributed by atoms with Crippen LogP contribution in [-0.4, -0.2) is 16.5 Å². The Bertz CT molecular complexity index is 533. The van der Waals surface area contributed by atoms with Gasteiger partial charge < -0.3 is 4.98 Å². The second-order valence-corrected chi connectivity index (χ2v) is 2.96. The van der Waals surface area contributed by atoms with Crippen LogP contribution in [0.15, 0.2) is 35.7 Å². The molecule has 74 valence electrons. The predicted octanol–water partition coefficient (Wildman–Crippen LogP) is 2.89. The van der Waals surface area contributed by atoms with Crippen molar-refractivity contribution in [3.05, 3.63) is 46.6 Å². The lowest BCUT2D eigenvalue weighted by Gasteiger charge is -1.94. The number of rotatable bonds is 3. The normalized spacial score (nSPS) is 10.7. The highest BCUT2D eigenvalue weighted by Crippen LogP contribution is 2.16. The van der Waals surface area contributed by atoms with Crippen LogP contribution < -0.4 is 0 Å². The number of H-pyrrole nitrogens is 1. The van der Waals surface area contributed by atoms with Gasteiger partial charge in [0.2, 0.25) is 0 Å². The first-order chi connectivity index (χ1) is 7.42. The Balaban J connectivity index is 2.31. The van der Waals surface area contributed by atoms with Crippen molar-refractivity contribution in [3.63, 3.8) is 0 Å². The Morgan fingerprint density at radius 2 is 2.47 bits per heavy atom. The molecule has 0 aromatic carbocycles. The van der Waals surface area contributed by atoms with Crippen LogP contribution in [-0.2, 0) is 0 Å². The van der Waals surface area contributed by atoms with Crippen molar-refractivity contribution in [2.24, 2.45) is 5.11 Å². The van der Waals surface area contributed by atoms with Crippen LogP contribution in [0.1, 0.15) is 5.56 Å². The molecule has 0 amide bonds. The molecule has 2 aromatic heterocycles. The van der Waals surface area contributed by atoms with Crippen molar-refractivity contribution in [3.8, 4) is 0 Å². The van der Waals surface area contributed by atoms with E-state index in [1.807, 2.05) is 30.5 Å². The van der Waals surface area contributed by atoms with Gasteiger partial charge >= 0.3 is 0 Å². The molecule has 0 saturated carbocycles. The maximum Gasteiger partial charge on any atom is 0.137 e. The van der Waals surface area contributed by atoms with Crippen LogP contribution in [0.4, 0.5) is 0 Å². The molecular formula is C10H9N5. The van der Waals surface area contributed by atoms with Gasteiger partial charge in [-0.05, 0) is 23.2 Å². The number of fused-ring (bicyclic) bond motifs is 1. The standard InChI is InChI=1S/C10H9N5/c11-15-14-5-1-2-8-3-6-12-10-9(8)4-7-13-10/h1-4,6-7H,5H2,(H,12,13). The van der Waals surface area contributed by atoms with Gasteiger partial charge in [0.05, 0.1) is 0 Å². The van der Waals surface area contributed by atoms with E-state index in [0.717, 1.165) is 16.6 Å². The Morgan fingerprint density at radius 3 is 3.33 bits per heavy atom. The second-order valence-electron chi connectivity index (χ2n) is 2.96. The molecule has 0 spiro atoms. The maximum atomic E-state index is 8.11. The summed E-state index contributed by atoms with van der Waals surface area (Å²) in [6.45, 7) is 0.366. The highest BCUT2D eigenvalue weighted by atomic mass is 15.1. The molecule has 0 atom stereocenters. The molecule has 0 aliphatic heterocycles. The smallest absolute Gasteiger partial charge is 0.137 e. The van der Waals surface area contributed by atoms with Gasteiger partial charge in [0.15, 0.2) is 0 Å². The lowest BCUT2D eigenvalue weighted by atomic mass is 10.2. The van der Waals surface area contributed by atoms with Crippen LogP contribution in [0.25, 0.3) is 27.6 Å². The molecule has 1 N–H and O–H groups in total. The summed E-state index contributed by atoms with van der Waals surface area (Å²) in [5, 5.41) is 4.49. The van der Waals surface area contributed by atoms with Gasteiger partial charge in [-0.3, -0.25) is 0 Å². The molecular weight excluding hydrogens is 190 g/mol. The first kappa shape index (κ1) is 9.30. The van der Waals surface area contributed by atoms with Crippen molar-refractivity contribution in [1.82, 2.24) is 9.97 Å². The van der Waals surface area contributed by atoms with Crippen molar-refractivity contribution in [2.45, 2.75) is 0 Å². The molecule has 15 heavy (non-hydrogen) atoms. The zero-order valence-electron chi connectivity index (χ0n) is 7.96. The van der Waals surface area contributed by atoms with E-state index in [9.17, 15) is 0 Å². The first-order valence-electron chi connectivity index (χ1n) is 4.51. The number of nitrogens with zero attached hydrogens (tertiary/aromatic N) is 4. The summed E-state index contributed by atoms with van der Waals surface area (Å²) >= 11 is 0. The fourth-order valence-corrected chi connectivity index (χ4v) is 1.39. The fourth-order valence-electron chi connectivity index (χ4n) is 1.39. The first-order valence-corrected chi connectivity index (χ1v) is 4.51. The average molecular weight is 199 g/mol. The van der Waals surface area contributed by atoms with Gasteiger partial charge in [0.25, 0.3) is 0 Å². The highest BCUT2D eigenvalue weighted by molar-refractivity contribution is 5.85. The van der Waals surface area contributed by atoms with Crippen molar-refractivity contribution in [1.29, 1.82) is 0 Å². The molecule has 0 unspecified atom stereocenters. The largest absolute Gasteiger partial charge is 0.346 e. The Morgan fingerprint density at radius 1 is 1.53 bits per heavy atom. The van der Waals surface area contributed by atoms with E-state index in [-0.39, 0.29) is 0 Å². The van der Waals surface area contributed by atoms with Crippen LogP contribution in [0.2, 0.25) is 0 Å². The molecule has 5 nitrogen and oxygen atoms in total. The van der Waals surface area contributed by atoms with E-state index in [1.54, 1.807) is 6.20 Å². The highest BCUT2D eigenvalue weighted by Gasteiger charge is 1.97. The maximum absolute atomic E-state index is 8.11. The Kier molecular flexibility index (Phi) is 2.67. The molecule has 0 aliphatic carbocycles. The van der Waals surface area contributed by atoms with Gasteiger partial charge in [0, 0.05) is 29.2 Å². The minimum absolute atomic E-state index is 0.366. The number of aromatic nitrogens is 2. The summed E-state index contributed by atoms with van der Waals surface area (Å²) < 4.78 is 0. The summed E-state index contributed by atoms with van der Waals surface area (Å²) in [4.78, 5) is 9.88. The van der Waals surface area contributed by atoms with E-state index in [4.69, 9.17) is 5.53 Å². The monoisotopic (exact) mass is 199 g/mol. The molecule has 0 radical (unpaired) electrons. The van der Waals surface area contributed by atoms with Gasteiger partial charge in [-0.1, -0.05) is 17.3 Å². The van der Waals surface area contributed by atoms with E-state index in [1.165, 1.54) is 0 Å². The van der Waals surface area contributed by atoms with Gasteiger partial charge in [-0.2, -0.15) is 0 Å². The van der Waals surface area contributed by atoms with E-state index in [2.05, 4.69) is 20.0 Å². The fraction of sp³-hybridized carbons (Fsp3) is 0.100. The van der Waals surface area contributed by atoms with Gasteiger partial charge in [-0.25, -0.2) is 4.98 Å². The van der Waals surface area contributed by atoms with Crippen LogP contribution >= 0.6 is 0 Å². The SMILES string of the molecule is [N-]=[N+]=NCC=Cc1ccnc2[nH]ccc12. The third-order valence-corrected chi connectivity index (χ3v) is 2.04. The van der Waals surface area contributed by atoms with Crippen molar-refractivity contribution < 1.29 is 0 Å². The molecule has 5 heteroatoms. The number of pyridine rings is 1. The van der Waals surface area contributed by atoms with E-state index >= 15 is 0 Å². The predicted molar refractivity (Wildman–Crippen MR) is 59.1 cm³/mol. The van der Waals surface area contributed by atoms with Crippen LogP contribution in [0.5, 0.6) is 0 Å². The molecule has 2 rings (SSSR count). The average Bonchev–Trinajstić information content (AvgIpc) is 2.73. The second kappa shape index (κ2) is 4.30. The summed E-state index contributed by atoms with van der Waals surface area (Å²) in [6, 6.07) is 3.89. The minimum atomic E-state index is 0.366. The number of hydrogen-bond acceptors (Lipinski definition) is 2. The quantitative estimate of drug-likeness (QED) is 0.460. The summed E-state index contributed by atoms with van der Waals surface area (Å²) in [5.41, 5.74) is 10.0. The molecule has 2 aromatic rings. The number of hydrogen-bond donors (Lipinski definition) is 1. The zero-order chi connectivity index (χ0) is 10.5. The third-order valence-electron chi connectivity index (χ3n) is 2.04. The van der Waals surface area contributed by atoms with Crippen LogP contribution in [0.3, 0.4) is 0 Å². The molecule has 0 fully saturated rings. The molecule has 0 bridgehead atoms. The van der Waals surface area contributed by atoms with Gasteiger partial charge in [-0.15, -0.1) is 0 Å². The molecule has 0 aliphatic rings. The molecule has 2 heterocycles. The number of nitrogens with one attached hydrogen (secondary N) is 1. The summed E-state index contributed by atoms with van der Waals surface area (Å²) in [5.74, 6) is 0. The number of aromatic amines is 1. The van der Waals surface area contributed by atoms with Gasteiger partial charge in [0.1, 0.15) is 5.65 Å². The Labute approximate surface area is 86.1 Å². The van der Waals surface area contributed by atoms with Crippen LogP contribution in [0, 0.1) is 0 Å². The van der Waals surface area contributed by atoms with Crippen molar-refractivity contribution in [2.75, 3.05) is 6.54 Å². The minimum Gasteiger partial charge on any atom is -0.346 e. The van der Waals surface area contributed by atoms with Crippen molar-refractivity contribution >= 4 is 17.1 Å². The zero-order valence-corrected chi connectivity index (χ0v) is 7.96. The molecule has 0 saturated heterocycles. The Hall–Kier alpha value is -2.26. The third kappa shape index (κ3) is 1.98.